The van der Waals surface area contributed by atoms with E-state index in [0.29, 0.717) is 30.1 Å². The molecule has 0 bridgehead atoms. The molecular weight excluding hydrogens is 348 g/mol. The number of benzene rings is 2. The SMILES string of the molecule is COc1cc2c(c(OC)c1OC)-c1cc(N)c(O)cc1C(NC(C)=O)CC2. The Morgan fingerprint density at radius 3 is 2.44 bits per heavy atom. The maximum Gasteiger partial charge on any atom is 0.217 e. The van der Waals surface area contributed by atoms with Crippen molar-refractivity contribution in [3.05, 3.63) is 29.3 Å². The molecule has 1 unspecified atom stereocenters. The van der Waals surface area contributed by atoms with E-state index in [0.717, 1.165) is 22.3 Å². The van der Waals surface area contributed by atoms with Crippen molar-refractivity contribution in [1.29, 1.82) is 0 Å². The second-order valence-corrected chi connectivity index (χ2v) is 6.47. The van der Waals surface area contributed by atoms with Gasteiger partial charge in [-0.15, -0.1) is 0 Å². The molecular formula is C20H24N2O5. The molecule has 1 atom stereocenters. The highest BCUT2D eigenvalue weighted by molar-refractivity contribution is 5.86. The second kappa shape index (κ2) is 7.26. The molecule has 4 N–H and O–H groups in total. The number of amides is 1. The number of aryl methyl sites for hydroxylation is 1. The zero-order chi connectivity index (χ0) is 19.7. The van der Waals surface area contributed by atoms with Crippen LogP contribution in [0.3, 0.4) is 0 Å². The van der Waals surface area contributed by atoms with Crippen LogP contribution in [0.15, 0.2) is 18.2 Å². The van der Waals surface area contributed by atoms with E-state index < -0.39 is 0 Å². The number of phenolic OH excluding ortho intramolecular Hbond substituents is 1. The summed E-state index contributed by atoms with van der Waals surface area (Å²) in [6.45, 7) is 1.47. The van der Waals surface area contributed by atoms with Gasteiger partial charge in [0.2, 0.25) is 11.7 Å². The Bertz CT molecular complexity index is 895. The van der Waals surface area contributed by atoms with Crippen molar-refractivity contribution in [2.45, 2.75) is 25.8 Å². The third-order valence-corrected chi connectivity index (χ3v) is 4.84. The van der Waals surface area contributed by atoms with Gasteiger partial charge in [0.05, 0.1) is 33.1 Å². The van der Waals surface area contributed by atoms with Gasteiger partial charge in [0.1, 0.15) is 5.75 Å². The van der Waals surface area contributed by atoms with Gasteiger partial charge in [-0.25, -0.2) is 0 Å². The van der Waals surface area contributed by atoms with Gasteiger partial charge < -0.3 is 30.4 Å². The lowest BCUT2D eigenvalue weighted by Gasteiger charge is -2.21. The van der Waals surface area contributed by atoms with Crippen LogP contribution < -0.4 is 25.3 Å². The molecule has 7 heteroatoms. The summed E-state index contributed by atoms with van der Waals surface area (Å²) >= 11 is 0. The molecule has 0 aliphatic heterocycles. The van der Waals surface area contributed by atoms with Crippen molar-refractivity contribution < 1.29 is 24.1 Å². The Hall–Kier alpha value is -3.09. The highest BCUT2D eigenvalue weighted by atomic mass is 16.5. The molecule has 27 heavy (non-hydrogen) atoms. The Balaban J connectivity index is 2.35. The molecule has 0 aromatic heterocycles. The average Bonchev–Trinajstić information content (AvgIpc) is 2.77. The van der Waals surface area contributed by atoms with Crippen LogP contribution in [0.5, 0.6) is 23.0 Å². The van der Waals surface area contributed by atoms with Crippen LogP contribution in [0.25, 0.3) is 11.1 Å². The van der Waals surface area contributed by atoms with Crippen LogP contribution in [0.1, 0.15) is 30.5 Å². The summed E-state index contributed by atoms with van der Waals surface area (Å²) in [4.78, 5) is 11.7. The van der Waals surface area contributed by atoms with E-state index in [1.54, 1.807) is 33.5 Å². The number of hydrogen-bond donors (Lipinski definition) is 3. The molecule has 0 radical (unpaired) electrons. The Morgan fingerprint density at radius 2 is 1.85 bits per heavy atom. The fourth-order valence-electron chi connectivity index (χ4n) is 3.68. The molecule has 0 fully saturated rings. The van der Waals surface area contributed by atoms with Gasteiger partial charge in [0.15, 0.2) is 11.5 Å². The van der Waals surface area contributed by atoms with Gasteiger partial charge in [0.25, 0.3) is 0 Å². The number of phenols is 1. The van der Waals surface area contributed by atoms with Crippen molar-refractivity contribution in [1.82, 2.24) is 5.32 Å². The number of carbonyl (C=O) groups excluding carboxylic acids is 1. The first-order valence-electron chi connectivity index (χ1n) is 8.62. The number of anilines is 1. The number of nitrogen functional groups attached to an aromatic ring is 1. The highest BCUT2D eigenvalue weighted by Gasteiger charge is 2.30. The molecule has 0 spiro atoms. The van der Waals surface area contributed by atoms with Crippen molar-refractivity contribution in [3.63, 3.8) is 0 Å². The standard InChI is InChI=1S/C20H24N2O5/c1-10(23)22-15-6-5-11-7-17(25-2)19(26-3)20(27-4)18(11)13-8-14(21)16(24)9-12(13)15/h7-9,15,24H,5-6,21H2,1-4H3,(H,22,23). The van der Waals surface area contributed by atoms with E-state index in [1.165, 1.54) is 6.92 Å². The van der Waals surface area contributed by atoms with E-state index in [2.05, 4.69) is 5.32 Å². The predicted molar refractivity (Wildman–Crippen MR) is 102 cm³/mol. The van der Waals surface area contributed by atoms with Gasteiger partial charge in [-0.2, -0.15) is 0 Å². The van der Waals surface area contributed by atoms with E-state index in [-0.39, 0.29) is 23.4 Å². The first-order valence-corrected chi connectivity index (χ1v) is 8.62. The summed E-state index contributed by atoms with van der Waals surface area (Å²) in [6.07, 6.45) is 1.33. The number of nitrogens with one attached hydrogen (secondary N) is 1. The lowest BCUT2D eigenvalue weighted by atomic mass is 9.93. The first kappa shape index (κ1) is 18.7. The van der Waals surface area contributed by atoms with E-state index >= 15 is 0 Å². The maximum atomic E-state index is 11.7. The average molecular weight is 372 g/mol. The topological polar surface area (TPSA) is 103 Å². The van der Waals surface area contributed by atoms with Crippen LogP contribution in [0.4, 0.5) is 5.69 Å². The lowest BCUT2D eigenvalue weighted by molar-refractivity contribution is -0.119. The molecule has 0 saturated carbocycles. The molecule has 2 aromatic rings. The monoisotopic (exact) mass is 372 g/mol. The van der Waals surface area contributed by atoms with Crippen molar-refractivity contribution >= 4 is 11.6 Å². The van der Waals surface area contributed by atoms with E-state index in [9.17, 15) is 9.90 Å². The zero-order valence-corrected chi connectivity index (χ0v) is 15.9. The van der Waals surface area contributed by atoms with Gasteiger partial charge in [-0.3, -0.25) is 4.79 Å². The fourth-order valence-corrected chi connectivity index (χ4v) is 3.68. The summed E-state index contributed by atoms with van der Waals surface area (Å²) in [6, 6.07) is 4.96. The van der Waals surface area contributed by atoms with Gasteiger partial charge in [-0.1, -0.05) is 0 Å². The highest BCUT2D eigenvalue weighted by Crippen LogP contribution is 2.51. The number of methoxy groups -OCH3 is 3. The molecule has 2 aromatic carbocycles. The normalized spacial score (nSPS) is 15.2. The molecule has 1 amide bonds. The largest absolute Gasteiger partial charge is 0.506 e. The molecule has 0 saturated heterocycles. The minimum absolute atomic E-state index is 0.0213. The quantitative estimate of drug-likeness (QED) is 0.563. The predicted octanol–water partition coefficient (Wildman–Crippen LogP) is 2.79. The molecule has 1 aliphatic carbocycles. The van der Waals surface area contributed by atoms with Gasteiger partial charge in [0, 0.05) is 12.5 Å². The molecule has 0 heterocycles. The second-order valence-electron chi connectivity index (χ2n) is 6.47. The third-order valence-electron chi connectivity index (χ3n) is 4.84. The molecule has 7 nitrogen and oxygen atoms in total. The Kier molecular flexibility index (Phi) is 5.03. The number of ether oxygens (including phenoxy) is 3. The van der Waals surface area contributed by atoms with E-state index in [4.69, 9.17) is 19.9 Å². The van der Waals surface area contributed by atoms with Gasteiger partial charge in [-0.05, 0) is 47.7 Å². The zero-order valence-electron chi connectivity index (χ0n) is 15.9. The van der Waals surface area contributed by atoms with Crippen molar-refractivity contribution in [2.75, 3.05) is 27.1 Å². The number of carbonyl (C=O) groups is 1. The van der Waals surface area contributed by atoms with Crippen LogP contribution >= 0.6 is 0 Å². The van der Waals surface area contributed by atoms with Crippen molar-refractivity contribution in [2.24, 2.45) is 0 Å². The maximum absolute atomic E-state index is 11.7. The minimum atomic E-state index is -0.266. The number of hydrogen-bond acceptors (Lipinski definition) is 6. The number of fused-ring (bicyclic) bond motifs is 3. The third kappa shape index (κ3) is 3.20. The van der Waals surface area contributed by atoms with Crippen molar-refractivity contribution in [3.8, 4) is 34.1 Å². The summed E-state index contributed by atoms with van der Waals surface area (Å²) < 4.78 is 16.7. The summed E-state index contributed by atoms with van der Waals surface area (Å²) in [5.41, 5.74) is 9.61. The van der Waals surface area contributed by atoms with E-state index in [1.807, 2.05) is 6.07 Å². The van der Waals surface area contributed by atoms with Crippen LogP contribution in [-0.2, 0) is 11.2 Å². The summed E-state index contributed by atoms with van der Waals surface area (Å²) in [5, 5.41) is 13.1. The van der Waals surface area contributed by atoms with Gasteiger partial charge >= 0.3 is 0 Å². The fraction of sp³-hybridized carbons (Fsp3) is 0.350. The number of aromatic hydroxyl groups is 1. The minimum Gasteiger partial charge on any atom is -0.506 e. The number of rotatable bonds is 4. The Morgan fingerprint density at radius 1 is 1.15 bits per heavy atom. The number of nitrogens with two attached hydrogens (primary N) is 1. The smallest absolute Gasteiger partial charge is 0.217 e. The van der Waals surface area contributed by atoms with Crippen LogP contribution in [-0.4, -0.2) is 32.3 Å². The summed E-state index contributed by atoms with van der Waals surface area (Å²) in [5.74, 6) is 1.41. The molecule has 3 rings (SSSR count). The van der Waals surface area contributed by atoms with Crippen LogP contribution in [0, 0.1) is 0 Å². The lowest BCUT2D eigenvalue weighted by Crippen LogP contribution is -2.26. The first-order chi connectivity index (χ1) is 12.9. The van der Waals surface area contributed by atoms with Crippen LogP contribution in [0.2, 0.25) is 0 Å². The molecule has 144 valence electrons. The summed E-state index contributed by atoms with van der Waals surface area (Å²) in [7, 11) is 4.69. The molecule has 1 aliphatic rings. The Labute approximate surface area is 158 Å².